The first-order valence-corrected chi connectivity index (χ1v) is 6.77. The fourth-order valence-electron chi connectivity index (χ4n) is 1.45. The minimum absolute atomic E-state index is 0.240. The van der Waals surface area contributed by atoms with E-state index in [0.717, 1.165) is 10.6 Å². The van der Waals surface area contributed by atoms with Gasteiger partial charge in [0.2, 0.25) is 0 Å². The molecule has 0 fully saturated rings. The van der Waals surface area contributed by atoms with E-state index in [0.29, 0.717) is 12.2 Å². The van der Waals surface area contributed by atoms with Crippen LogP contribution in [0.25, 0.3) is 0 Å². The molecule has 0 saturated heterocycles. The molecule has 1 amide bonds. The Hall–Kier alpha value is -2.14. The number of hydrogen-bond donors (Lipinski definition) is 1. The lowest BCUT2D eigenvalue weighted by Gasteiger charge is -2.03. The Morgan fingerprint density at radius 3 is 2.79 bits per heavy atom. The van der Waals surface area contributed by atoms with Crippen LogP contribution in [0.4, 0.5) is 0 Å². The third-order valence-corrected chi connectivity index (χ3v) is 3.14. The Morgan fingerprint density at radius 1 is 1.37 bits per heavy atom. The number of rotatable bonds is 5. The molecule has 0 aliphatic heterocycles. The zero-order valence-corrected chi connectivity index (χ0v) is 11.3. The van der Waals surface area contributed by atoms with Crippen molar-refractivity contribution in [2.45, 2.75) is 6.92 Å². The van der Waals surface area contributed by atoms with Gasteiger partial charge < -0.3 is 4.74 Å². The monoisotopic (exact) mass is 274 g/mol. The van der Waals surface area contributed by atoms with Crippen molar-refractivity contribution >= 4 is 23.5 Å². The van der Waals surface area contributed by atoms with Gasteiger partial charge in [-0.15, -0.1) is 11.3 Å². The Kier molecular flexibility index (Phi) is 4.69. The Labute approximate surface area is 115 Å². The van der Waals surface area contributed by atoms with E-state index in [-0.39, 0.29) is 5.91 Å². The second-order valence-corrected chi connectivity index (χ2v) is 4.65. The van der Waals surface area contributed by atoms with Crippen molar-refractivity contribution in [1.82, 2.24) is 5.43 Å². The molecule has 0 aliphatic carbocycles. The molecule has 1 aromatic heterocycles. The minimum Gasteiger partial charge on any atom is -0.494 e. The van der Waals surface area contributed by atoms with Crippen LogP contribution in [0.1, 0.15) is 22.2 Å². The number of hydrazone groups is 1. The predicted molar refractivity (Wildman–Crippen MR) is 77.0 cm³/mol. The maximum atomic E-state index is 11.8. The largest absolute Gasteiger partial charge is 0.494 e. The first-order valence-electron chi connectivity index (χ1n) is 5.89. The highest BCUT2D eigenvalue weighted by Crippen LogP contribution is 2.12. The number of ether oxygens (including phenoxy) is 1. The van der Waals surface area contributed by atoms with Crippen molar-refractivity contribution in [3.8, 4) is 5.75 Å². The SMILES string of the molecule is CCOc1ccc(C(=O)N/N=C/c2cccs2)cc1. The van der Waals surface area contributed by atoms with E-state index in [1.807, 2.05) is 24.4 Å². The predicted octanol–water partition coefficient (Wildman–Crippen LogP) is 2.91. The Balaban J connectivity index is 1.92. The molecule has 98 valence electrons. The van der Waals surface area contributed by atoms with Crippen LogP contribution in [0.5, 0.6) is 5.75 Å². The van der Waals surface area contributed by atoms with Gasteiger partial charge in [-0.3, -0.25) is 4.79 Å². The molecule has 0 spiro atoms. The maximum Gasteiger partial charge on any atom is 0.271 e. The van der Waals surface area contributed by atoms with E-state index in [2.05, 4.69) is 10.5 Å². The normalized spacial score (nSPS) is 10.6. The van der Waals surface area contributed by atoms with E-state index in [1.165, 1.54) is 0 Å². The molecule has 2 rings (SSSR count). The summed E-state index contributed by atoms with van der Waals surface area (Å²) in [5.41, 5.74) is 3.03. The van der Waals surface area contributed by atoms with Crippen molar-refractivity contribution in [3.05, 3.63) is 52.2 Å². The fourth-order valence-corrected chi connectivity index (χ4v) is 2.04. The van der Waals surface area contributed by atoms with Gasteiger partial charge in [0, 0.05) is 10.4 Å². The summed E-state index contributed by atoms with van der Waals surface area (Å²) in [4.78, 5) is 12.8. The summed E-state index contributed by atoms with van der Waals surface area (Å²) in [5, 5.41) is 5.86. The molecular weight excluding hydrogens is 260 g/mol. The van der Waals surface area contributed by atoms with E-state index in [9.17, 15) is 4.79 Å². The molecule has 4 nitrogen and oxygen atoms in total. The zero-order valence-electron chi connectivity index (χ0n) is 10.5. The van der Waals surface area contributed by atoms with Gasteiger partial charge in [-0.2, -0.15) is 5.10 Å². The van der Waals surface area contributed by atoms with Gasteiger partial charge >= 0.3 is 0 Å². The smallest absolute Gasteiger partial charge is 0.271 e. The molecular formula is C14H14N2O2S. The number of nitrogens with one attached hydrogen (secondary N) is 1. The summed E-state index contributed by atoms with van der Waals surface area (Å²) in [6, 6.07) is 10.8. The van der Waals surface area contributed by atoms with Gasteiger partial charge in [-0.05, 0) is 42.6 Å². The number of benzene rings is 1. The van der Waals surface area contributed by atoms with Crippen molar-refractivity contribution in [2.24, 2.45) is 5.10 Å². The summed E-state index contributed by atoms with van der Waals surface area (Å²) >= 11 is 1.56. The van der Waals surface area contributed by atoms with Crippen LogP contribution in [-0.4, -0.2) is 18.7 Å². The highest BCUT2D eigenvalue weighted by molar-refractivity contribution is 7.11. The zero-order chi connectivity index (χ0) is 13.5. The summed E-state index contributed by atoms with van der Waals surface area (Å²) in [6.45, 7) is 2.52. The van der Waals surface area contributed by atoms with Crippen molar-refractivity contribution in [1.29, 1.82) is 0 Å². The number of thiophene rings is 1. The number of carbonyl (C=O) groups is 1. The van der Waals surface area contributed by atoms with Crippen LogP contribution in [0.3, 0.4) is 0 Å². The fraction of sp³-hybridized carbons (Fsp3) is 0.143. The minimum atomic E-state index is -0.240. The average molecular weight is 274 g/mol. The Bertz CT molecular complexity index is 547. The summed E-state index contributed by atoms with van der Waals surface area (Å²) < 4.78 is 5.31. The van der Waals surface area contributed by atoms with E-state index in [4.69, 9.17) is 4.74 Å². The second kappa shape index (κ2) is 6.70. The Morgan fingerprint density at radius 2 is 2.16 bits per heavy atom. The lowest BCUT2D eigenvalue weighted by atomic mass is 10.2. The lowest BCUT2D eigenvalue weighted by molar-refractivity contribution is 0.0955. The molecule has 0 aliphatic rings. The number of carbonyl (C=O) groups excluding carboxylic acids is 1. The van der Waals surface area contributed by atoms with Crippen molar-refractivity contribution in [3.63, 3.8) is 0 Å². The summed E-state index contributed by atoms with van der Waals surface area (Å²) in [7, 11) is 0. The molecule has 0 saturated carbocycles. The first-order chi connectivity index (χ1) is 9.29. The van der Waals surface area contributed by atoms with Crippen LogP contribution >= 0.6 is 11.3 Å². The van der Waals surface area contributed by atoms with Crippen LogP contribution in [0.2, 0.25) is 0 Å². The molecule has 0 bridgehead atoms. The molecule has 1 N–H and O–H groups in total. The number of amides is 1. The van der Waals surface area contributed by atoms with Gasteiger partial charge in [-0.25, -0.2) is 5.43 Å². The standard InChI is InChI=1S/C14H14N2O2S/c1-2-18-12-7-5-11(6-8-12)14(17)16-15-10-13-4-3-9-19-13/h3-10H,2H2,1H3,(H,16,17)/b15-10+. The number of hydrogen-bond acceptors (Lipinski definition) is 4. The van der Waals surface area contributed by atoms with Crippen molar-refractivity contribution in [2.75, 3.05) is 6.61 Å². The topological polar surface area (TPSA) is 50.7 Å². The van der Waals surface area contributed by atoms with Crippen LogP contribution in [-0.2, 0) is 0 Å². The molecule has 5 heteroatoms. The van der Waals surface area contributed by atoms with E-state index in [1.54, 1.807) is 41.8 Å². The molecule has 1 heterocycles. The lowest BCUT2D eigenvalue weighted by Crippen LogP contribution is -2.17. The van der Waals surface area contributed by atoms with Gasteiger partial charge in [0.15, 0.2) is 0 Å². The van der Waals surface area contributed by atoms with Crippen molar-refractivity contribution < 1.29 is 9.53 Å². The average Bonchev–Trinajstić information content (AvgIpc) is 2.93. The van der Waals surface area contributed by atoms with Gasteiger partial charge in [-0.1, -0.05) is 6.07 Å². The maximum absolute atomic E-state index is 11.8. The van der Waals surface area contributed by atoms with Gasteiger partial charge in [0.05, 0.1) is 12.8 Å². The van der Waals surface area contributed by atoms with Crippen LogP contribution in [0, 0.1) is 0 Å². The number of nitrogens with zero attached hydrogens (tertiary/aromatic N) is 1. The van der Waals surface area contributed by atoms with Gasteiger partial charge in [0.25, 0.3) is 5.91 Å². The van der Waals surface area contributed by atoms with E-state index < -0.39 is 0 Å². The van der Waals surface area contributed by atoms with Crippen LogP contribution in [0.15, 0.2) is 46.9 Å². The molecule has 1 aromatic carbocycles. The quantitative estimate of drug-likeness (QED) is 0.673. The molecule has 19 heavy (non-hydrogen) atoms. The van der Waals surface area contributed by atoms with E-state index >= 15 is 0 Å². The molecule has 0 unspecified atom stereocenters. The molecule has 0 atom stereocenters. The van der Waals surface area contributed by atoms with Gasteiger partial charge in [0.1, 0.15) is 5.75 Å². The molecule has 2 aromatic rings. The summed E-state index contributed by atoms with van der Waals surface area (Å²) in [6.07, 6.45) is 1.62. The highest BCUT2D eigenvalue weighted by atomic mass is 32.1. The first kappa shape index (κ1) is 13.3. The third kappa shape index (κ3) is 3.93. The highest BCUT2D eigenvalue weighted by Gasteiger charge is 2.03. The second-order valence-electron chi connectivity index (χ2n) is 3.67. The third-order valence-electron chi connectivity index (χ3n) is 2.33. The summed E-state index contributed by atoms with van der Waals surface area (Å²) in [5.74, 6) is 0.511. The van der Waals surface area contributed by atoms with Crippen LogP contribution < -0.4 is 10.2 Å². The molecule has 0 radical (unpaired) electrons.